The lowest BCUT2D eigenvalue weighted by Gasteiger charge is -2.28. The Labute approximate surface area is 175 Å². The molecule has 0 saturated carbocycles. The van der Waals surface area contributed by atoms with E-state index < -0.39 is 41.1 Å². The van der Waals surface area contributed by atoms with Gasteiger partial charge in [-0.25, -0.2) is 4.98 Å². The fraction of sp³-hybridized carbons (Fsp3) is 0.316. The fourth-order valence-corrected chi connectivity index (χ4v) is 4.78. The van der Waals surface area contributed by atoms with Crippen LogP contribution in [-0.4, -0.2) is 52.3 Å². The Bertz CT molecular complexity index is 995. The molecular weight excluding hydrogens is 410 g/mol. The summed E-state index contributed by atoms with van der Waals surface area (Å²) >= 11 is 1.35. The number of aromatic nitrogens is 2. The monoisotopic (exact) mass is 429 g/mol. The number of benzene rings is 1. The minimum atomic E-state index is -1.05. The van der Waals surface area contributed by atoms with E-state index in [4.69, 9.17) is 10.5 Å². The first-order chi connectivity index (χ1) is 14.4. The number of hydrogen-bond donors (Lipinski definition) is 3. The van der Waals surface area contributed by atoms with Gasteiger partial charge < -0.3 is 25.7 Å². The van der Waals surface area contributed by atoms with Crippen LogP contribution in [0.1, 0.15) is 23.8 Å². The van der Waals surface area contributed by atoms with Crippen molar-refractivity contribution in [3.8, 4) is 0 Å². The zero-order chi connectivity index (χ0) is 21.3. The number of aromatic amines is 1. The maximum atomic E-state index is 13.5. The van der Waals surface area contributed by atoms with Crippen LogP contribution in [0, 0.1) is 0 Å². The van der Waals surface area contributed by atoms with Gasteiger partial charge in [0.25, 0.3) is 11.8 Å². The number of primary amides is 1. The van der Waals surface area contributed by atoms with Crippen molar-refractivity contribution < 1.29 is 23.9 Å². The Morgan fingerprint density at radius 1 is 1.33 bits per heavy atom. The number of nitrogens with zero attached hydrogens (tertiary/aromatic N) is 2. The first kappa shape index (κ1) is 20.0. The molecule has 4 rings (SSSR count). The minimum absolute atomic E-state index is 0.147. The topological polar surface area (TPSA) is 147 Å². The lowest BCUT2D eigenvalue weighted by Crippen LogP contribution is -2.54. The van der Waals surface area contributed by atoms with Gasteiger partial charge in [-0.15, -0.1) is 11.8 Å². The van der Waals surface area contributed by atoms with Crippen LogP contribution in [-0.2, 0) is 23.9 Å². The van der Waals surface area contributed by atoms with Gasteiger partial charge in [0.05, 0.1) is 23.0 Å². The second-order valence-corrected chi connectivity index (χ2v) is 8.09. The van der Waals surface area contributed by atoms with E-state index in [-0.39, 0.29) is 19.4 Å². The van der Waals surface area contributed by atoms with E-state index in [2.05, 4.69) is 15.3 Å². The molecule has 10 nitrogen and oxygen atoms in total. The van der Waals surface area contributed by atoms with Crippen molar-refractivity contribution in [3.63, 3.8) is 0 Å². The van der Waals surface area contributed by atoms with E-state index in [0.29, 0.717) is 11.4 Å². The predicted molar refractivity (Wildman–Crippen MR) is 106 cm³/mol. The molecule has 30 heavy (non-hydrogen) atoms. The highest BCUT2D eigenvalue weighted by molar-refractivity contribution is 7.99. The van der Waals surface area contributed by atoms with Crippen LogP contribution in [0.4, 0.5) is 5.69 Å². The third-order valence-corrected chi connectivity index (χ3v) is 6.24. The Morgan fingerprint density at radius 3 is 2.80 bits per heavy atom. The van der Waals surface area contributed by atoms with Crippen molar-refractivity contribution in [1.82, 2.24) is 15.3 Å². The van der Waals surface area contributed by atoms with Crippen LogP contribution in [0.15, 0.2) is 41.7 Å². The number of para-hydroxylation sites is 1. The van der Waals surface area contributed by atoms with Crippen molar-refractivity contribution in [2.24, 2.45) is 5.73 Å². The Morgan fingerprint density at radius 2 is 2.13 bits per heavy atom. The number of fused-ring (bicyclic) bond motifs is 1. The first-order valence-corrected chi connectivity index (χ1v) is 10.2. The summed E-state index contributed by atoms with van der Waals surface area (Å²) in [6, 6.07) is 6.07. The molecule has 1 saturated heterocycles. The third-order valence-electron chi connectivity index (χ3n) is 4.86. The van der Waals surface area contributed by atoms with Crippen LogP contribution < -0.4 is 16.0 Å². The van der Waals surface area contributed by atoms with Gasteiger partial charge in [-0.2, -0.15) is 0 Å². The van der Waals surface area contributed by atoms with Crippen molar-refractivity contribution in [2.45, 2.75) is 35.1 Å². The van der Waals surface area contributed by atoms with E-state index in [0.717, 1.165) is 4.90 Å². The third kappa shape index (κ3) is 3.88. The highest BCUT2D eigenvalue weighted by Crippen LogP contribution is 2.45. The smallest absolute Gasteiger partial charge is 0.306 e. The lowest BCUT2D eigenvalue weighted by atomic mass is 10.1. The van der Waals surface area contributed by atoms with E-state index in [1.807, 2.05) is 12.1 Å². The maximum Gasteiger partial charge on any atom is 0.306 e. The van der Waals surface area contributed by atoms with E-state index >= 15 is 0 Å². The normalized spacial score (nSPS) is 23.5. The highest BCUT2D eigenvalue weighted by atomic mass is 32.2. The number of ether oxygens (including phenoxy) is 1. The number of hydrogen-bond acceptors (Lipinski definition) is 7. The maximum absolute atomic E-state index is 13.5. The quantitative estimate of drug-likeness (QED) is 0.578. The number of thioether (sulfide) groups is 1. The zero-order valence-corrected chi connectivity index (χ0v) is 16.6. The van der Waals surface area contributed by atoms with Gasteiger partial charge in [-0.3, -0.25) is 19.2 Å². The van der Waals surface area contributed by atoms with Crippen LogP contribution >= 0.6 is 11.8 Å². The van der Waals surface area contributed by atoms with Crippen molar-refractivity contribution in [3.05, 3.63) is 42.5 Å². The van der Waals surface area contributed by atoms with Gasteiger partial charge in [-0.05, 0) is 12.1 Å². The standard InChI is InChI=1S/C19H19N5O5S/c20-14(25)8-24-11-3-1-2-4-13(11)30-17(10-7-21-9-22-10)16(19(24)28)23-18(27)12-5-6-15(26)29-12/h1-4,7,9,12,16-17H,5-6,8H2,(H2,20,25)(H,21,22)(H,23,27)/t12-,16?,17?/m0/s1. The largest absolute Gasteiger partial charge is 0.452 e. The Kier molecular flexibility index (Phi) is 5.44. The molecule has 3 atom stereocenters. The molecule has 2 aromatic rings. The van der Waals surface area contributed by atoms with Gasteiger partial charge >= 0.3 is 5.97 Å². The summed E-state index contributed by atoms with van der Waals surface area (Å²) in [5.74, 6) is -2.19. The molecule has 2 aliphatic heterocycles. The number of nitrogens with two attached hydrogens (primary N) is 1. The summed E-state index contributed by atoms with van der Waals surface area (Å²) in [6.45, 7) is -0.336. The summed E-state index contributed by atoms with van der Waals surface area (Å²) in [5.41, 5.74) is 6.53. The number of rotatable bonds is 5. The molecule has 0 spiro atoms. The molecule has 0 radical (unpaired) electrons. The molecule has 3 amide bonds. The number of imidazole rings is 1. The highest BCUT2D eigenvalue weighted by Gasteiger charge is 2.42. The second kappa shape index (κ2) is 8.19. The molecule has 2 unspecified atom stereocenters. The van der Waals surface area contributed by atoms with Crippen LogP contribution in [0.5, 0.6) is 0 Å². The van der Waals surface area contributed by atoms with E-state index in [1.165, 1.54) is 23.0 Å². The van der Waals surface area contributed by atoms with Crippen LogP contribution in [0.25, 0.3) is 0 Å². The number of H-pyrrole nitrogens is 1. The molecule has 156 valence electrons. The number of anilines is 1. The summed E-state index contributed by atoms with van der Waals surface area (Å²) in [5, 5.41) is 2.16. The molecule has 0 bridgehead atoms. The number of nitrogens with one attached hydrogen (secondary N) is 2. The van der Waals surface area contributed by atoms with E-state index in [1.54, 1.807) is 18.3 Å². The van der Waals surface area contributed by atoms with Crippen molar-refractivity contribution in [2.75, 3.05) is 11.4 Å². The summed E-state index contributed by atoms with van der Waals surface area (Å²) in [4.78, 5) is 58.4. The van der Waals surface area contributed by atoms with Gasteiger partial charge in [-0.1, -0.05) is 12.1 Å². The zero-order valence-electron chi connectivity index (χ0n) is 15.7. The van der Waals surface area contributed by atoms with Gasteiger partial charge in [0.2, 0.25) is 5.91 Å². The molecule has 1 aromatic carbocycles. The SMILES string of the molecule is NC(=O)CN1C(=O)C(NC(=O)[C@@H]2CCC(=O)O2)C(c2cnc[nH]2)Sc2ccccc21. The molecule has 1 aromatic heterocycles. The second-order valence-electron chi connectivity index (χ2n) is 6.91. The number of esters is 1. The van der Waals surface area contributed by atoms with Crippen molar-refractivity contribution >= 4 is 41.1 Å². The predicted octanol–water partition coefficient (Wildman–Crippen LogP) is 0.265. The fourth-order valence-electron chi connectivity index (χ4n) is 3.48. The van der Waals surface area contributed by atoms with Gasteiger partial charge in [0.1, 0.15) is 12.6 Å². The Hall–Kier alpha value is -3.34. The molecule has 1 fully saturated rings. The minimum Gasteiger partial charge on any atom is -0.452 e. The number of carbonyl (C=O) groups is 4. The van der Waals surface area contributed by atoms with E-state index in [9.17, 15) is 19.2 Å². The summed E-state index contributed by atoms with van der Waals surface area (Å²) in [7, 11) is 0. The molecule has 2 aliphatic rings. The van der Waals surface area contributed by atoms with Gasteiger partial charge in [0.15, 0.2) is 6.10 Å². The van der Waals surface area contributed by atoms with Gasteiger partial charge in [0, 0.05) is 23.9 Å². The number of cyclic esters (lactones) is 1. The van der Waals surface area contributed by atoms with Crippen LogP contribution in [0.2, 0.25) is 0 Å². The average molecular weight is 429 g/mol. The molecule has 11 heteroatoms. The summed E-state index contributed by atoms with van der Waals surface area (Å²) < 4.78 is 5.03. The van der Waals surface area contributed by atoms with Crippen LogP contribution in [0.3, 0.4) is 0 Å². The lowest BCUT2D eigenvalue weighted by molar-refractivity contribution is -0.148. The molecule has 4 N–H and O–H groups in total. The number of amides is 3. The molecular formula is C19H19N5O5S. The molecule has 0 aliphatic carbocycles. The van der Waals surface area contributed by atoms with Crippen molar-refractivity contribution in [1.29, 1.82) is 0 Å². The molecule has 3 heterocycles. The number of carbonyl (C=O) groups excluding carboxylic acids is 4. The first-order valence-electron chi connectivity index (χ1n) is 9.27. The summed E-state index contributed by atoms with van der Waals surface area (Å²) in [6.07, 6.45) is 2.50. The Balaban J connectivity index is 1.72. The average Bonchev–Trinajstić information content (AvgIpc) is 3.38.